The van der Waals surface area contributed by atoms with Crippen molar-refractivity contribution < 1.29 is 14.0 Å². The smallest absolute Gasteiger partial charge is 0.267 e. The summed E-state index contributed by atoms with van der Waals surface area (Å²) in [5, 5.41) is 0. The third kappa shape index (κ3) is 5.01. The molecule has 11 heteroatoms. The van der Waals surface area contributed by atoms with E-state index in [1.54, 1.807) is 30.5 Å². The van der Waals surface area contributed by atoms with Crippen molar-refractivity contribution in [1.82, 2.24) is 14.3 Å². The molecule has 2 saturated heterocycles. The van der Waals surface area contributed by atoms with Crippen LogP contribution < -0.4 is 16.2 Å². The third-order valence-electron chi connectivity index (χ3n) is 6.59. The Morgan fingerprint density at radius 3 is 2.57 bits per heavy atom. The molecule has 190 valence electrons. The van der Waals surface area contributed by atoms with Crippen molar-refractivity contribution in [1.29, 1.82) is 0 Å². The van der Waals surface area contributed by atoms with Gasteiger partial charge in [0.15, 0.2) is 0 Å². The highest BCUT2D eigenvalue weighted by atomic mass is 32.2. The molecule has 2 aliphatic heterocycles. The second-order valence-electron chi connectivity index (χ2n) is 9.15. The van der Waals surface area contributed by atoms with Gasteiger partial charge in [-0.15, -0.1) is 0 Å². The molecule has 2 aliphatic rings. The number of amides is 2. The Labute approximate surface area is 222 Å². The number of primary amides is 1. The Morgan fingerprint density at radius 1 is 1.19 bits per heavy atom. The van der Waals surface area contributed by atoms with Crippen LogP contribution in [0.25, 0.3) is 11.7 Å². The number of piperidine rings is 1. The molecule has 0 spiro atoms. The van der Waals surface area contributed by atoms with Gasteiger partial charge in [0.1, 0.15) is 21.6 Å². The van der Waals surface area contributed by atoms with Crippen LogP contribution in [0.15, 0.2) is 52.3 Å². The minimum atomic E-state index is -0.360. The fraction of sp³-hybridized carbons (Fsp3) is 0.269. The van der Waals surface area contributed by atoms with E-state index in [-0.39, 0.29) is 41.2 Å². The fourth-order valence-electron chi connectivity index (χ4n) is 4.53. The SMILES string of the molecule is Cc1ccc2nc(N3CCC(C(N)=O)CC3)c(C=C3SC(=S)N(Cc4ccc(F)cc4)C3=O)c(=O)n2c1. The lowest BCUT2D eigenvalue weighted by Crippen LogP contribution is -2.40. The number of nitrogens with two attached hydrogens (primary N) is 1. The Balaban J connectivity index is 1.54. The molecular formula is C26H24FN5O3S2. The van der Waals surface area contributed by atoms with Crippen LogP contribution in [0.1, 0.15) is 29.5 Å². The van der Waals surface area contributed by atoms with Crippen LogP contribution in [0.2, 0.25) is 0 Å². The summed E-state index contributed by atoms with van der Waals surface area (Å²) in [5.74, 6) is -0.772. The van der Waals surface area contributed by atoms with Gasteiger partial charge in [0.25, 0.3) is 11.5 Å². The van der Waals surface area contributed by atoms with Gasteiger partial charge in [0.05, 0.1) is 17.0 Å². The molecule has 0 radical (unpaired) electrons. The average Bonchev–Trinajstić information content (AvgIpc) is 3.14. The van der Waals surface area contributed by atoms with E-state index in [1.807, 2.05) is 17.9 Å². The van der Waals surface area contributed by atoms with Gasteiger partial charge >= 0.3 is 0 Å². The number of halogens is 1. The van der Waals surface area contributed by atoms with Gasteiger partial charge in [0.2, 0.25) is 5.91 Å². The molecule has 0 unspecified atom stereocenters. The Bertz CT molecular complexity index is 1510. The Hall–Kier alpha value is -3.57. The number of pyridine rings is 1. The monoisotopic (exact) mass is 537 g/mol. The van der Waals surface area contributed by atoms with Crippen LogP contribution in [0.5, 0.6) is 0 Å². The molecule has 0 saturated carbocycles. The highest BCUT2D eigenvalue weighted by Gasteiger charge is 2.33. The molecule has 0 atom stereocenters. The van der Waals surface area contributed by atoms with E-state index in [9.17, 15) is 18.8 Å². The fourth-order valence-corrected chi connectivity index (χ4v) is 5.77. The molecule has 0 aliphatic carbocycles. The highest BCUT2D eigenvalue weighted by molar-refractivity contribution is 8.26. The predicted octanol–water partition coefficient (Wildman–Crippen LogP) is 3.25. The van der Waals surface area contributed by atoms with Crippen molar-refractivity contribution in [3.63, 3.8) is 0 Å². The minimum absolute atomic E-state index is 0.198. The van der Waals surface area contributed by atoms with Gasteiger partial charge in [-0.2, -0.15) is 0 Å². The summed E-state index contributed by atoms with van der Waals surface area (Å²) in [6.07, 6.45) is 4.39. The molecule has 2 fully saturated rings. The number of fused-ring (bicyclic) bond motifs is 1. The van der Waals surface area contributed by atoms with Crippen LogP contribution in [0, 0.1) is 18.7 Å². The van der Waals surface area contributed by atoms with Gasteiger partial charge in [-0.25, -0.2) is 9.37 Å². The molecule has 2 amide bonds. The summed E-state index contributed by atoms with van der Waals surface area (Å²) in [4.78, 5) is 47.1. The minimum Gasteiger partial charge on any atom is -0.369 e. The van der Waals surface area contributed by atoms with Gasteiger partial charge in [-0.1, -0.05) is 42.2 Å². The number of anilines is 1. The summed E-state index contributed by atoms with van der Waals surface area (Å²) >= 11 is 6.57. The number of aryl methyl sites for hydroxylation is 1. The molecule has 5 rings (SSSR count). The number of carbonyl (C=O) groups excluding carboxylic acids is 2. The predicted molar refractivity (Wildman–Crippen MR) is 145 cm³/mol. The van der Waals surface area contributed by atoms with Gasteiger partial charge < -0.3 is 10.6 Å². The summed E-state index contributed by atoms with van der Waals surface area (Å²) in [6, 6.07) is 9.54. The number of benzene rings is 1. The van der Waals surface area contributed by atoms with Crippen LogP contribution in [-0.2, 0) is 16.1 Å². The molecular weight excluding hydrogens is 513 g/mol. The normalized spacial score (nSPS) is 17.8. The molecule has 0 bridgehead atoms. The second-order valence-corrected chi connectivity index (χ2v) is 10.8. The van der Waals surface area contributed by atoms with E-state index < -0.39 is 0 Å². The third-order valence-corrected chi connectivity index (χ3v) is 7.96. The maximum atomic E-state index is 13.7. The zero-order chi connectivity index (χ0) is 26.3. The van der Waals surface area contributed by atoms with E-state index in [1.165, 1.54) is 21.4 Å². The van der Waals surface area contributed by atoms with Gasteiger partial charge in [0, 0.05) is 25.2 Å². The molecule has 4 heterocycles. The first kappa shape index (κ1) is 25.1. The van der Waals surface area contributed by atoms with Crippen molar-refractivity contribution >= 4 is 57.7 Å². The standard InChI is InChI=1S/C26H24FN5O3S2/c1-15-2-7-21-29-23(30-10-8-17(9-11-30)22(28)33)19(24(34)31(21)13-15)12-20-25(35)32(26(36)37-20)14-16-3-5-18(27)6-4-16/h2-7,12-13,17H,8-11,14H2,1H3,(H2,28,33). The summed E-state index contributed by atoms with van der Waals surface area (Å²) in [6.45, 7) is 3.10. The summed E-state index contributed by atoms with van der Waals surface area (Å²) in [5.41, 5.74) is 7.59. The van der Waals surface area contributed by atoms with E-state index in [2.05, 4.69) is 0 Å². The average molecular weight is 538 g/mol. The lowest BCUT2D eigenvalue weighted by molar-refractivity contribution is -0.123. The first-order valence-corrected chi connectivity index (χ1v) is 13.0. The topological polar surface area (TPSA) is 101 Å². The maximum absolute atomic E-state index is 13.7. The summed E-state index contributed by atoms with van der Waals surface area (Å²) in [7, 11) is 0. The molecule has 3 aromatic rings. The Kier molecular flexibility index (Phi) is 6.82. The maximum Gasteiger partial charge on any atom is 0.267 e. The molecule has 2 aromatic heterocycles. The number of hydrogen-bond donors (Lipinski definition) is 1. The molecule has 37 heavy (non-hydrogen) atoms. The van der Waals surface area contributed by atoms with Crippen LogP contribution in [0.3, 0.4) is 0 Å². The van der Waals surface area contributed by atoms with Crippen LogP contribution >= 0.6 is 24.0 Å². The van der Waals surface area contributed by atoms with Gasteiger partial charge in [-0.05, 0) is 55.2 Å². The van der Waals surface area contributed by atoms with Crippen molar-refractivity contribution in [2.45, 2.75) is 26.3 Å². The van der Waals surface area contributed by atoms with Crippen LogP contribution in [-0.4, -0.2) is 43.5 Å². The first-order valence-electron chi connectivity index (χ1n) is 11.8. The van der Waals surface area contributed by atoms with E-state index in [4.69, 9.17) is 22.9 Å². The number of thioether (sulfide) groups is 1. The Morgan fingerprint density at radius 2 is 1.89 bits per heavy atom. The van der Waals surface area contributed by atoms with E-state index >= 15 is 0 Å². The highest BCUT2D eigenvalue weighted by Crippen LogP contribution is 2.35. The largest absolute Gasteiger partial charge is 0.369 e. The lowest BCUT2D eigenvalue weighted by Gasteiger charge is -2.32. The van der Waals surface area contributed by atoms with Crippen molar-refractivity contribution in [3.8, 4) is 0 Å². The summed E-state index contributed by atoms with van der Waals surface area (Å²) < 4.78 is 15.1. The zero-order valence-electron chi connectivity index (χ0n) is 20.0. The zero-order valence-corrected chi connectivity index (χ0v) is 21.7. The van der Waals surface area contributed by atoms with Crippen molar-refractivity contribution in [2.24, 2.45) is 11.7 Å². The van der Waals surface area contributed by atoms with Crippen LogP contribution in [0.4, 0.5) is 10.2 Å². The van der Waals surface area contributed by atoms with Crippen molar-refractivity contribution in [2.75, 3.05) is 18.0 Å². The molecule has 2 N–H and O–H groups in total. The van der Waals surface area contributed by atoms with Crippen molar-refractivity contribution in [3.05, 3.63) is 80.4 Å². The first-order chi connectivity index (χ1) is 17.7. The quantitative estimate of drug-likeness (QED) is 0.394. The van der Waals surface area contributed by atoms with E-state index in [0.717, 1.165) is 22.9 Å². The number of nitrogens with zero attached hydrogens (tertiary/aromatic N) is 4. The second kappa shape index (κ2) is 10.1. The number of aromatic nitrogens is 2. The number of hydrogen-bond acceptors (Lipinski definition) is 7. The van der Waals surface area contributed by atoms with E-state index in [0.29, 0.717) is 46.6 Å². The number of carbonyl (C=O) groups is 2. The number of thiocarbonyl (C=S) groups is 1. The molecule has 1 aromatic carbocycles. The number of rotatable bonds is 5. The molecule has 8 nitrogen and oxygen atoms in total. The lowest BCUT2D eigenvalue weighted by atomic mass is 9.96. The van der Waals surface area contributed by atoms with Gasteiger partial charge in [-0.3, -0.25) is 23.7 Å².